The number of hydrogen-bond acceptors (Lipinski definition) is 5. The molecule has 1 aromatic carbocycles. The monoisotopic (exact) mass is 384 g/mol. The zero-order valence-electron chi connectivity index (χ0n) is 16.2. The third kappa shape index (κ3) is 3.46. The summed E-state index contributed by atoms with van der Waals surface area (Å²) in [5, 5.41) is 6.42. The van der Waals surface area contributed by atoms with E-state index in [9.17, 15) is 9.18 Å². The summed E-state index contributed by atoms with van der Waals surface area (Å²) in [6.07, 6.45) is 3.31. The van der Waals surface area contributed by atoms with Gasteiger partial charge >= 0.3 is 0 Å². The smallest absolute Gasteiger partial charge is 0.240 e. The van der Waals surface area contributed by atoms with Crippen LogP contribution in [-0.2, 0) is 4.79 Å². The van der Waals surface area contributed by atoms with Gasteiger partial charge in [-0.3, -0.25) is 10.1 Å². The average Bonchev–Trinajstić information content (AvgIpc) is 3.11. The number of carbonyl (C=O) groups is 1. The van der Waals surface area contributed by atoms with Crippen LogP contribution < -0.4 is 15.4 Å². The van der Waals surface area contributed by atoms with Crippen LogP contribution in [0.1, 0.15) is 50.2 Å². The first-order chi connectivity index (χ1) is 13.5. The van der Waals surface area contributed by atoms with Crippen molar-refractivity contribution in [1.29, 1.82) is 0 Å². The fraction of sp³-hybridized carbons (Fsp3) is 0.476. The summed E-state index contributed by atoms with van der Waals surface area (Å²) in [5.41, 5.74) is 1.14. The van der Waals surface area contributed by atoms with Crippen molar-refractivity contribution in [3.05, 3.63) is 41.6 Å². The Labute approximate surface area is 163 Å². The van der Waals surface area contributed by atoms with E-state index in [2.05, 4.69) is 20.6 Å². The highest BCUT2D eigenvalue weighted by Crippen LogP contribution is 2.37. The lowest BCUT2D eigenvalue weighted by atomic mass is 9.88. The van der Waals surface area contributed by atoms with Gasteiger partial charge in [0.2, 0.25) is 5.91 Å². The second kappa shape index (κ2) is 7.47. The van der Waals surface area contributed by atoms with Crippen LogP contribution in [0, 0.1) is 12.7 Å². The van der Waals surface area contributed by atoms with E-state index in [1.54, 1.807) is 18.2 Å². The number of aromatic nitrogens is 2. The molecule has 3 heterocycles. The molecule has 0 radical (unpaired) electrons. The number of hydrogen-bond donors (Lipinski definition) is 2. The molecule has 2 saturated heterocycles. The molecular weight excluding hydrogens is 359 g/mol. The summed E-state index contributed by atoms with van der Waals surface area (Å²) in [6, 6.07) is 6.33. The van der Waals surface area contributed by atoms with Crippen LogP contribution in [0.5, 0.6) is 5.75 Å². The van der Waals surface area contributed by atoms with E-state index in [4.69, 9.17) is 4.74 Å². The van der Waals surface area contributed by atoms with E-state index < -0.39 is 5.54 Å². The van der Waals surface area contributed by atoms with Crippen LogP contribution in [0.3, 0.4) is 0 Å². The van der Waals surface area contributed by atoms with Crippen molar-refractivity contribution in [3.8, 4) is 17.0 Å². The van der Waals surface area contributed by atoms with Crippen LogP contribution in [0.15, 0.2) is 24.3 Å². The van der Waals surface area contributed by atoms with Gasteiger partial charge in [0.25, 0.3) is 0 Å². The Morgan fingerprint density at radius 3 is 2.93 bits per heavy atom. The Morgan fingerprint density at radius 2 is 2.14 bits per heavy atom. The molecule has 2 aromatic rings. The number of carbonyl (C=O) groups excluding carboxylic acids is 1. The minimum Gasteiger partial charge on any atom is -0.494 e. The number of nitrogens with one attached hydrogen (secondary N) is 2. The highest BCUT2D eigenvalue weighted by Gasteiger charge is 2.46. The molecule has 2 N–H and O–H groups in total. The van der Waals surface area contributed by atoms with Crippen molar-refractivity contribution in [2.45, 2.75) is 51.1 Å². The van der Waals surface area contributed by atoms with Gasteiger partial charge in [0.1, 0.15) is 17.4 Å². The number of ether oxygens (including phenoxy) is 1. The molecular formula is C21H25FN4O2. The molecule has 1 spiro atoms. The minimum absolute atomic E-state index is 0.0598. The summed E-state index contributed by atoms with van der Waals surface area (Å²) in [6.45, 7) is 5.00. The van der Waals surface area contributed by atoms with E-state index >= 15 is 0 Å². The van der Waals surface area contributed by atoms with Gasteiger partial charge in [-0.25, -0.2) is 14.4 Å². The van der Waals surface area contributed by atoms with Crippen molar-refractivity contribution in [2.24, 2.45) is 0 Å². The first kappa shape index (κ1) is 18.8. The minimum atomic E-state index is -0.531. The summed E-state index contributed by atoms with van der Waals surface area (Å²) in [5.74, 6) is 0.916. The Bertz CT molecular complexity index is 904. The van der Waals surface area contributed by atoms with Crippen LogP contribution >= 0.6 is 0 Å². The third-order valence-electron chi connectivity index (χ3n) is 5.52. The first-order valence-electron chi connectivity index (χ1n) is 9.85. The molecule has 2 aliphatic heterocycles. The molecule has 0 aliphatic carbocycles. The lowest BCUT2D eigenvalue weighted by Crippen LogP contribution is -2.57. The molecule has 2 atom stereocenters. The van der Waals surface area contributed by atoms with E-state index in [1.165, 1.54) is 6.07 Å². The third-order valence-corrected chi connectivity index (χ3v) is 5.52. The predicted octanol–water partition coefficient (Wildman–Crippen LogP) is 3.06. The van der Waals surface area contributed by atoms with Crippen LogP contribution in [0.4, 0.5) is 4.39 Å². The van der Waals surface area contributed by atoms with Crippen LogP contribution in [0.25, 0.3) is 11.3 Å². The second-order valence-electron chi connectivity index (χ2n) is 7.50. The zero-order valence-corrected chi connectivity index (χ0v) is 16.2. The molecule has 0 unspecified atom stereocenters. The average molecular weight is 384 g/mol. The van der Waals surface area contributed by atoms with E-state index in [1.807, 2.05) is 13.8 Å². The number of halogens is 1. The molecule has 148 valence electrons. The molecule has 1 aromatic heterocycles. The van der Waals surface area contributed by atoms with Crippen LogP contribution in [0.2, 0.25) is 0 Å². The molecule has 2 fully saturated rings. The van der Waals surface area contributed by atoms with Crippen LogP contribution in [-0.4, -0.2) is 34.6 Å². The lowest BCUT2D eigenvalue weighted by Gasteiger charge is -2.33. The SMILES string of the molecule is CCOc1ccc(F)c(-c2cc(C)nc([C@@H]3CC[C@]4(CCCNC4=O)N3)n2)c1. The Balaban J connectivity index is 1.65. The van der Waals surface area contributed by atoms with Gasteiger partial charge in [-0.05, 0) is 63.8 Å². The summed E-state index contributed by atoms with van der Waals surface area (Å²) >= 11 is 0. The van der Waals surface area contributed by atoms with Gasteiger partial charge in [-0.1, -0.05) is 0 Å². The number of nitrogens with zero attached hydrogens (tertiary/aromatic N) is 2. The maximum atomic E-state index is 14.5. The fourth-order valence-corrected chi connectivity index (χ4v) is 4.16. The zero-order chi connectivity index (χ0) is 19.7. The number of aryl methyl sites for hydroxylation is 1. The number of piperidine rings is 1. The molecule has 4 rings (SSSR count). The molecule has 0 bridgehead atoms. The number of amides is 1. The number of benzene rings is 1. The first-order valence-corrected chi connectivity index (χ1v) is 9.85. The quantitative estimate of drug-likeness (QED) is 0.847. The Kier molecular flexibility index (Phi) is 5.02. The summed E-state index contributed by atoms with van der Waals surface area (Å²) in [4.78, 5) is 21.6. The van der Waals surface area contributed by atoms with Crippen molar-refractivity contribution in [2.75, 3.05) is 13.2 Å². The van der Waals surface area contributed by atoms with Gasteiger partial charge in [0, 0.05) is 17.8 Å². The molecule has 6 nitrogen and oxygen atoms in total. The molecule has 28 heavy (non-hydrogen) atoms. The fourth-order valence-electron chi connectivity index (χ4n) is 4.16. The van der Waals surface area contributed by atoms with Gasteiger partial charge in [0.15, 0.2) is 0 Å². The van der Waals surface area contributed by atoms with Gasteiger partial charge in [0.05, 0.1) is 23.9 Å². The Hall–Kier alpha value is -2.54. The number of rotatable bonds is 4. The van der Waals surface area contributed by atoms with E-state index in [0.29, 0.717) is 29.4 Å². The van der Waals surface area contributed by atoms with Crippen molar-refractivity contribution < 1.29 is 13.9 Å². The van der Waals surface area contributed by atoms with E-state index in [0.717, 1.165) is 37.9 Å². The van der Waals surface area contributed by atoms with Gasteiger partial charge in [-0.15, -0.1) is 0 Å². The maximum Gasteiger partial charge on any atom is 0.240 e. The van der Waals surface area contributed by atoms with Gasteiger partial charge < -0.3 is 10.1 Å². The standard InChI is InChI=1S/C21H25FN4O2/c1-3-28-14-5-6-16(22)15(12-14)18-11-13(2)24-19(25-18)17-7-9-21(26-17)8-4-10-23-20(21)27/h5-6,11-12,17,26H,3-4,7-10H2,1-2H3,(H,23,27)/t17-,21-/m0/s1. The molecule has 1 amide bonds. The normalized spacial score (nSPS) is 24.4. The molecule has 0 saturated carbocycles. The Morgan fingerprint density at radius 1 is 1.29 bits per heavy atom. The highest BCUT2D eigenvalue weighted by molar-refractivity contribution is 5.87. The largest absolute Gasteiger partial charge is 0.494 e. The second-order valence-corrected chi connectivity index (χ2v) is 7.50. The summed E-state index contributed by atoms with van der Waals surface area (Å²) in [7, 11) is 0. The van der Waals surface area contributed by atoms with Crippen molar-refractivity contribution in [3.63, 3.8) is 0 Å². The van der Waals surface area contributed by atoms with Gasteiger partial charge in [-0.2, -0.15) is 0 Å². The molecule has 7 heteroatoms. The van der Waals surface area contributed by atoms with Crippen molar-refractivity contribution >= 4 is 5.91 Å². The van der Waals surface area contributed by atoms with E-state index in [-0.39, 0.29) is 17.8 Å². The highest BCUT2D eigenvalue weighted by atomic mass is 19.1. The summed E-state index contributed by atoms with van der Waals surface area (Å²) < 4.78 is 20.0. The topological polar surface area (TPSA) is 76.1 Å². The van der Waals surface area contributed by atoms with Crippen molar-refractivity contribution in [1.82, 2.24) is 20.6 Å². The molecule has 2 aliphatic rings. The predicted molar refractivity (Wildman–Crippen MR) is 103 cm³/mol. The lowest BCUT2D eigenvalue weighted by molar-refractivity contribution is -0.129. The maximum absolute atomic E-state index is 14.5.